The van der Waals surface area contributed by atoms with Gasteiger partial charge in [0.1, 0.15) is 11.5 Å². The van der Waals surface area contributed by atoms with E-state index in [0.717, 1.165) is 0 Å². The Bertz CT molecular complexity index is 728. The van der Waals surface area contributed by atoms with Gasteiger partial charge in [-0.05, 0) is 18.9 Å². The standard InChI is InChI=1S/C15H21FN4O4S/c16-7-11(8-17)10-24-14-2-1-13(9-19-14)25(22,23)20-5-3-12(4-6-20)15(18)21/h1-2,7,9,12H,3-6,8,10,17H2,(H2,18,21)/b11-7-. The van der Waals surface area contributed by atoms with Crippen LogP contribution in [0, 0.1) is 5.92 Å². The first-order chi connectivity index (χ1) is 11.9. The highest BCUT2D eigenvalue weighted by atomic mass is 32.2. The van der Waals surface area contributed by atoms with Gasteiger partial charge in [0.2, 0.25) is 21.8 Å². The van der Waals surface area contributed by atoms with Crippen molar-refractivity contribution in [1.82, 2.24) is 9.29 Å². The summed E-state index contributed by atoms with van der Waals surface area (Å²) in [6.07, 6.45) is 2.36. The zero-order valence-corrected chi connectivity index (χ0v) is 14.4. The molecule has 0 aromatic carbocycles. The van der Waals surface area contributed by atoms with Crippen molar-refractivity contribution in [1.29, 1.82) is 0 Å². The van der Waals surface area contributed by atoms with Crippen LogP contribution in [0.25, 0.3) is 0 Å². The predicted octanol–water partition coefficient (Wildman–Crippen LogP) is 0.159. The van der Waals surface area contributed by atoms with Crippen LogP contribution in [0.2, 0.25) is 0 Å². The lowest BCUT2D eigenvalue weighted by molar-refractivity contribution is -0.122. The molecule has 0 spiro atoms. The van der Waals surface area contributed by atoms with Gasteiger partial charge in [0.15, 0.2) is 0 Å². The lowest BCUT2D eigenvalue weighted by atomic mass is 9.98. The van der Waals surface area contributed by atoms with Gasteiger partial charge in [-0.2, -0.15) is 4.31 Å². The van der Waals surface area contributed by atoms with Gasteiger partial charge in [-0.25, -0.2) is 17.8 Å². The first kappa shape index (κ1) is 19.3. The maximum absolute atomic E-state index is 12.6. The maximum Gasteiger partial charge on any atom is 0.244 e. The molecular weight excluding hydrogens is 351 g/mol. The number of amides is 1. The molecule has 0 unspecified atom stereocenters. The molecule has 0 bridgehead atoms. The molecule has 138 valence electrons. The highest BCUT2D eigenvalue weighted by Gasteiger charge is 2.31. The minimum absolute atomic E-state index is 0.0181. The maximum atomic E-state index is 12.6. The van der Waals surface area contributed by atoms with Crippen LogP contribution in [0.1, 0.15) is 12.8 Å². The zero-order chi connectivity index (χ0) is 18.4. The number of carbonyl (C=O) groups is 1. The Morgan fingerprint density at radius 1 is 1.40 bits per heavy atom. The summed E-state index contributed by atoms with van der Waals surface area (Å²) >= 11 is 0. The fourth-order valence-electron chi connectivity index (χ4n) is 2.44. The van der Waals surface area contributed by atoms with E-state index in [-0.39, 0.29) is 48.5 Å². The predicted molar refractivity (Wildman–Crippen MR) is 88.7 cm³/mol. The number of nitrogens with zero attached hydrogens (tertiary/aromatic N) is 2. The quantitative estimate of drug-likeness (QED) is 0.701. The van der Waals surface area contributed by atoms with E-state index in [4.69, 9.17) is 16.2 Å². The van der Waals surface area contributed by atoms with E-state index in [1.807, 2.05) is 0 Å². The number of primary amides is 1. The number of halogens is 1. The van der Waals surface area contributed by atoms with Gasteiger partial charge >= 0.3 is 0 Å². The second-order valence-corrected chi connectivity index (χ2v) is 7.61. The third-order valence-electron chi connectivity index (χ3n) is 4.03. The monoisotopic (exact) mass is 372 g/mol. The van der Waals surface area contributed by atoms with Crippen LogP contribution >= 0.6 is 0 Å². The minimum Gasteiger partial charge on any atom is -0.473 e. The van der Waals surface area contributed by atoms with E-state index >= 15 is 0 Å². The molecule has 1 fully saturated rings. The smallest absolute Gasteiger partial charge is 0.244 e. The Balaban J connectivity index is 2.02. The van der Waals surface area contributed by atoms with Gasteiger partial charge in [0.25, 0.3) is 0 Å². The molecule has 4 N–H and O–H groups in total. The van der Waals surface area contributed by atoms with Crippen molar-refractivity contribution in [3.63, 3.8) is 0 Å². The normalized spacial score (nSPS) is 17.4. The Kier molecular flexibility index (Phi) is 6.45. The SMILES string of the molecule is NC/C(=C/F)COc1ccc(S(=O)(=O)N2CCC(C(N)=O)CC2)cn1. The molecule has 1 amide bonds. The Labute approximate surface area is 145 Å². The highest BCUT2D eigenvalue weighted by Crippen LogP contribution is 2.24. The second kappa shape index (κ2) is 8.37. The van der Waals surface area contributed by atoms with Crippen molar-refractivity contribution in [2.75, 3.05) is 26.2 Å². The van der Waals surface area contributed by atoms with Crippen molar-refractivity contribution in [2.45, 2.75) is 17.7 Å². The molecule has 10 heteroatoms. The first-order valence-electron chi connectivity index (χ1n) is 7.75. The van der Waals surface area contributed by atoms with E-state index < -0.39 is 15.9 Å². The number of aromatic nitrogens is 1. The molecule has 1 aromatic rings. The molecule has 1 aromatic heterocycles. The number of ether oxygens (including phenoxy) is 1. The summed E-state index contributed by atoms with van der Waals surface area (Å²) in [6.45, 7) is 0.418. The Hall–Kier alpha value is -2.04. The van der Waals surface area contributed by atoms with Crippen LogP contribution in [0.15, 0.2) is 35.1 Å². The molecule has 0 radical (unpaired) electrons. The van der Waals surface area contributed by atoms with E-state index in [9.17, 15) is 17.6 Å². The Morgan fingerprint density at radius 2 is 2.08 bits per heavy atom. The number of rotatable bonds is 7. The van der Waals surface area contributed by atoms with Gasteiger partial charge in [0.05, 0.1) is 12.5 Å². The van der Waals surface area contributed by atoms with E-state index in [1.54, 1.807) is 0 Å². The number of carbonyl (C=O) groups excluding carboxylic acids is 1. The highest BCUT2D eigenvalue weighted by molar-refractivity contribution is 7.89. The van der Waals surface area contributed by atoms with Gasteiger partial charge < -0.3 is 16.2 Å². The van der Waals surface area contributed by atoms with E-state index in [0.29, 0.717) is 19.2 Å². The van der Waals surface area contributed by atoms with Gasteiger partial charge in [-0.3, -0.25) is 4.79 Å². The first-order valence-corrected chi connectivity index (χ1v) is 9.19. The summed E-state index contributed by atoms with van der Waals surface area (Å²) in [5.41, 5.74) is 10.8. The molecule has 0 saturated carbocycles. The number of hydrogen-bond acceptors (Lipinski definition) is 6. The third-order valence-corrected chi connectivity index (χ3v) is 5.91. The molecule has 0 aliphatic carbocycles. The van der Waals surface area contributed by atoms with E-state index in [1.165, 1.54) is 22.6 Å². The molecule has 0 atom stereocenters. The van der Waals surface area contributed by atoms with Crippen molar-refractivity contribution in [3.8, 4) is 5.88 Å². The summed E-state index contributed by atoms with van der Waals surface area (Å²) in [7, 11) is -3.70. The summed E-state index contributed by atoms with van der Waals surface area (Å²) in [5, 5.41) is 0. The largest absolute Gasteiger partial charge is 0.473 e. The average Bonchev–Trinajstić information content (AvgIpc) is 2.63. The number of nitrogens with two attached hydrogens (primary N) is 2. The summed E-state index contributed by atoms with van der Waals surface area (Å²) in [4.78, 5) is 15.1. The lowest BCUT2D eigenvalue weighted by Crippen LogP contribution is -2.41. The molecule has 8 nitrogen and oxygen atoms in total. The molecular formula is C15H21FN4O4S. The number of sulfonamides is 1. The third kappa shape index (κ3) is 4.74. The Morgan fingerprint density at radius 3 is 2.56 bits per heavy atom. The molecule has 1 aliphatic heterocycles. The van der Waals surface area contributed by atoms with E-state index in [2.05, 4.69) is 4.98 Å². The number of pyridine rings is 1. The van der Waals surface area contributed by atoms with Crippen LogP contribution in [-0.4, -0.2) is 49.9 Å². The summed E-state index contributed by atoms with van der Waals surface area (Å²) in [5.74, 6) is -0.528. The van der Waals surface area contributed by atoms with Gasteiger partial charge in [-0.1, -0.05) is 0 Å². The van der Waals surface area contributed by atoms with Gasteiger partial charge in [0, 0.05) is 37.2 Å². The summed E-state index contributed by atoms with van der Waals surface area (Å²) in [6, 6.07) is 2.77. The van der Waals surface area contributed by atoms with Gasteiger partial charge in [-0.15, -0.1) is 0 Å². The molecule has 1 aliphatic rings. The molecule has 2 rings (SSSR count). The van der Waals surface area contributed by atoms with Crippen LogP contribution in [-0.2, 0) is 14.8 Å². The second-order valence-electron chi connectivity index (χ2n) is 5.67. The topological polar surface area (TPSA) is 129 Å². The number of piperidine rings is 1. The average molecular weight is 372 g/mol. The minimum atomic E-state index is -3.70. The summed E-state index contributed by atoms with van der Waals surface area (Å²) < 4.78 is 44.1. The molecule has 25 heavy (non-hydrogen) atoms. The van der Waals surface area contributed by atoms with Crippen molar-refractivity contribution < 1.29 is 22.3 Å². The lowest BCUT2D eigenvalue weighted by Gasteiger charge is -2.29. The number of hydrogen-bond donors (Lipinski definition) is 2. The van der Waals surface area contributed by atoms with Crippen molar-refractivity contribution >= 4 is 15.9 Å². The van der Waals surface area contributed by atoms with Crippen LogP contribution in [0.3, 0.4) is 0 Å². The van der Waals surface area contributed by atoms with Crippen molar-refractivity contribution in [3.05, 3.63) is 30.2 Å². The van der Waals surface area contributed by atoms with Crippen LogP contribution < -0.4 is 16.2 Å². The molecule has 1 saturated heterocycles. The van der Waals surface area contributed by atoms with Crippen molar-refractivity contribution in [2.24, 2.45) is 17.4 Å². The fraction of sp³-hybridized carbons (Fsp3) is 0.467. The van der Waals surface area contributed by atoms with Crippen LogP contribution in [0.5, 0.6) is 5.88 Å². The zero-order valence-electron chi connectivity index (χ0n) is 13.6. The fourth-order valence-corrected chi connectivity index (χ4v) is 3.85. The molecule has 2 heterocycles. The van der Waals surface area contributed by atoms with Crippen LogP contribution in [0.4, 0.5) is 4.39 Å².